The number of hydrogen-bond acceptors (Lipinski definition) is 4. The van der Waals surface area contributed by atoms with Gasteiger partial charge in [0.15, 0.2) is 0 Å². The lowest BCUT2D eigenvalue weighted by atomic mass is 10.1. The molecule has 1 aliphatic heterocycles. The molecule has 1 unspecified atom stereocenters. The molecule has 110 valence electrons. The molecule has 1 aromatic carbocycles. The first kappa shape index (κ1) is 14.8. The summed E-state index contributed by atoms with van der Waals surface area (Å²) in [7, 11) is 3.35. The SMILES string of the molecule is COCC1CCN(Cc2ccc(OC)c(C(=N)N)c2)C1. The third kappa shape index (κ3) is 3.49. The molecule has 0 amide bonds. The Kier molecular flexibility index (Phi) is 4.98. The molecule has 3 N–H and O–H groups in total. The van der Waals surface area contributed by atoms with Gasteiger partial charge >= 0.3 is 0 Å². The zero-order chi connectivity index (χ0) is 14.5. The van der Waals surface area contributed by atoms with E-state index in [0.29, 0.717) is 17.2 Å². The van der Waals surface area contributed by atoms with E-state index >= 15 is 0 Å². The molecule has 0 spiro atoms. The molecule has 2 rings (SSSR count). The molecule has 1 heterocycles. The van der Waals surface area contributed by atoms with E-state index in [-0.39, 0.29) is 5.84 Å². The smallest absolute Gasteiger partial charge is 0.129 e. The molecule has 5 heteroatoms. The standard InChI is InChI=1S/C15H23N3O2/c1-19-10-12-5-6-18(9-12)8-11-3-4-14(20-2)13(7-11)15(16)17/h3-4,7,12H,5-6,8-10H2,1-2H3,(H3,16,17). The maximum absolute atomic E-state index is 7.62. The number of methoxy groups -OCH3 is 2. The fraction of sp³-hybridized carbons (Fsp3) is 0.533. The Hall–Kier alpha value is -1.59. The molecular weight excluding hydrogens is 254 g/mol. The van der Waals surface area contributed by atoms with Crippen LogP contribution in [0.2, 0.25) is 0 Å². The minimum atomic E-state index is 0.0439. The zero-order valence-electron chi connectivity index (χ0n) is 12.2. The summed E-state index contributed by atoms with van der Waals surface area (Å²) in [6.07, 6.45) is 1.18. The first-order valence-corrected chi connectivity index (χ1v) is 6.86. The number of nitrogen functional groups attached to an aromatic ring is 1. The van der Waals surface area contributed by atoms with Crippen molar-refractivity contribution in [1.29, 1.82) is 5.41 Å². The molecule has 0 radical (unpaired) electrons. The van der Waals surface area contributed by atoms with Gasteiger partial charge in [0.1, 0.15) is 11.6 Å². The second-order valence-electron chi connectivity index (χ2n) is 5.29. The van der Waals surface area contributed by atoms with E-state index in [1.54, 1.807) is 14.2 Å². The van der Waals surface area contributed by atoms with Crippen molar-refractivity contribution in [3.63, 3.8) is 0 Å². The van der Waals surface area contributed by atoms with Crippen LogP contribution in [-0.4, -0.2) is 44.7 Å². The molecule has 0 aliphatic carbocycles. The molecule has 1 aromatic rings. The van der Waals surface area contributed by atoms with Gasteiger partial charge in [-0.15, -0.1) is 0 Å². The number of likely N-dealkylation sites (tertiary alicyclic amines) is 1. The predicted molar refractivity (Wildman–Crippen MR) is 79.3 cm³/mol. The van der Waals surface area contributed by atoms with Gasteiger partial charge in [-0.1, -0.05) is 6.07 Å². The van der Waals surface area contributed by atoms with Crippen LogP contribution < -0.4 is 10.5 Å². The molecule has 0 bridgehead atoms. The number of ether oxygens (including phenoxy) is 2. The lowest BCUT2D eigenvalue weighted by molar-refractivity contribution is 0.152. The highest BCUT2D eigenvalue weighted by molar-refractivity contribution is 5.97. The summed E-state index contributed by atoms with van der Waals surface area (Å²) in [5.41, 5.74) is 7.43. The van der Waals surface area contributed by atoms with Gasteiger partial charge in [0, 0.05) is 20.2 Å². The van der Waals surface area contributed by atoms with Gasteiger partial charge in [-0.2, -0.15) is 0 Å². The third-order valence-electron chi connectivity index (χ3n) is 3.73. The van der Waals surface area contributed by atoms with E-state index in [4.69, 9.17) is 20.6 Å². The highest BCUT2D eigenvalue weighted by Crippen LogP contribution is 2.23. The minimum Gasteiger partial charge on any atom is -0.496 e. The number of amidine groups is 1. The molecule has 1 saturated heterocycles. The summed E-state index contributed by atoms with van der Waals surface area (Å²) in [4.78, 5) is 2.41. The minimum absolute atomic E-state index is 0.0439. The van der Waals surface area contributed by atoms with E-state index in [1.807, 2.05) is 18.2 Å². The number of rotatable bonds is 6. The largest absolute Gasteiger partial charge is 0.496 e. The molecule has 1 fully saturated rings. The van der Waals surface area contributed by atoms with E-state index in [2.05, 4.69) is 4.90 Å². The van der Waals surface area contributed by atoms with Gasteiger partial charge in [-0.25, -0.2) is 0 Å². The Morgan fingerprint density at radius 1 is 1.45 bits per heavy atom. The van der Waals surface area contributed by atoms with Gasteiger partial charge in [-0.05, 0) is 36.6 Å². The lowest BCUT2D eigenvalue weighted by Crippen LogP contribution is -2.22. The number of nitrogens with zero attached hydrogens (tertiary/aromatic N) is 1. The van der Waals surface area contributed by atoms with Crippen LogP contribution in [0.15, 0.2) is 18.2 Å². The Labute approximate surface area is 120 Å². The highest BCUT2D eigenvalue weighted by atomic mass is 16.5. The fourth-order valence-electron chi connectivity index (χ4n) is 2.75. The van der Waals surface area contributed by atoms with E-state index in [1.165, 1.54) is 6.42 Å². The summed E-state index contributed by atoms with van der Waals surface area (Å²) in [5, 5.41) is 7.62. The quantitative estimate of drug-likeness (QED) is 0.610. The van der Waals surface area contributed by atoms with E-state index in [0.717, 1.165) is 31.8 Å². The van der Waals surface area contributed by atoms with Gasteiger partial charge < -0.3 is 15.2 Å². The molecule has 20 heavy (non-hydrogen) atoms. The first-order valence-electron chi connectivity index (χ1n) is 6.86. The van der Waals surface area contributed by atoms with Crippen molar-refractivity contribution in [2.24, 2.45) is 11.7 Å². The third-order valence-corrected chi connectivity index (χ3v) is 3.73. The summed E-state index contributed by atoms with van der Waals surface area (Å²) >= 11 is 0. The van der Waals surface area contributed by atoms with Crippen LogP contribution in [0.4, 0.5) is 0 Å². The van der Waals surface area contributed by atoms with Crippen LogP contribution in [0.3, 0.4) is 0 Å². The van der Waals surface area contributed by atoms with Crippen molar-refractivity contribution >= 4 is 5.84 Å². The van der Waals surface area contributed by atoms with Crippen molar-refractivity contribution in [2.45, 2.75) is 13.0 Å². The van der Waals surface area contributed by atoms with Crippen LogP contribution >= 0.6 is 0 Å². The number of hydrogen-bond donors (Lipinski definition) is 2. The van der Waals surface area contributed by atoms with E-state index in [9.17, 15) is 0 Å². The van der Waals surface area contributed by atoms with Crippen molar-refractivity contribution < 1.29 is 9.47 Å². The van der Waals surface area contributed by atoms with Crippen molar-refractivity contribution in [1.82, 2.24) is 4.90 Å². The normalized spacial score (nSPS) is 19.2. The number of nitrogens with two attached hydrogens (primary N) is 1. The van der Waals surface area contributed by atoms with Crippen LogP contribution in [-0.2, 0) is 11.3 Å². The topological polar surface area (TPSA) is 71.6 Å². The Balaban J connectivity index is 2.03. The monoisotopic (exact) mass is 277 g/mol. The van der Waals surface area contributed by atoms with E-state index < -0.39 is 0 Å². The maximum Gasteiger partial charge on any atom is 0.129 e. The van der Waals surface area contributed by atoms with Crippen LogP contribution in [0.1, 0.15) is 17.5 Å². The Bertz CT molecular complexity index is 476. The van der Waals surface area contributed by atoms with Gasteiger partial charge in [-0.3, -0.25) is 10.3 Å². The predicted octanol–water partition coefficient (Wildman–Crippen LogP) is 1.45. The summed E-state index contributed by atoms with van der Waals surface area (Å²) in [5.74, 6) is 1.33. The van der Waals surface area contributed by atoms with Gasteiger partial charge in [0.05, 0.1) is 19.3 Å². The van der Waals surface area contributed by atoms with Crippen molar-refractivity contribution in [3.8, 4) is 5.75 Å². The van der Waals surface area contributed by atoms with Crippen LogP contribution in [0.5, 0.6) is 5.75 Å². The molecule has 1 aliphatic rings. The van der Waals surface area contributed by atoms with Crippen molar-refractivity contribution in [2.75, 3.05) is 33.9 Å². The Morgan fingerprint density at radius 2 is 2.25 bits per heavy atom. The highest BCUT2D eigenvalue weighted by Gasteiger charge is 2.22. The molecule has 1 atom stereocenters. The average Bonchev–Trinajstić information content (AvgIpc) is 2.86. The number of benzene rings is 1. The second-order valence-corrected chi connectivity index (χ2v) is 5.29. The Morgan fingerprint density at radius 3 is 2.90 bits per heavy atom. The van der Waals surface area contributed by atoms with Crippen LogP contribution in [0.25, 0.3) is 0 Å². The van der Waals surface area contributed by atoms with Crippen molar-refractivity contribution in [3.05, 3.63) is 29.3 Å². The molecule has 5 nitrogen and oxygen atoms in total. The first-order chi connectivity index (χ1) is 9.63. The zero-order valence-corrected chi connectivity index (χ0v) is 12.2. The molecular formula is C15H23N3O2. The number of nitrogens with one attached hydrogen (secondary N) is 1. The maximum atomic E-state index is 7.62. The van der Waals surface area contributed by atoms with Gasteiger partial charge in [0.2, 0.25) is 0 Å². The average molecular weight is 277 g/mol. The lowest BCUT2D eigenvalue weighted by Gasteiger charge is -2.17. The summed E-state index contributed by atoms with van der Waals surface area (Å²) in [6, 6.07) is 5.87. The fourth-order valence-corrected chi connectivity index (χ4v) is 2.75. The molecule has 0 aromatic heterocycles. The van der Waals surface area contributed by atoms with Crippen LogP contribution in [0, 0.1) is 11.3 Å². The molecule has 0 saturated carbocycles. The summed E-state index contributed by atoms with van der Waals surface area (Å²) < 4.78 is 10.4. The van der Waals surface area contributed by atoms with Gasteiger partial charge in [0.25, 0.3) is 0 Å². The summed E-state index contributed by atoms with van der Waals surface area (Å²) in [6.45, 7) is 3.87. The second kappa shape index (κ2) is 6.72.